The van der Waals surface area contributed by atoms with E-state index in [9.17, 15) is 4.79 Å². The van der Waals surface area contributed by atoms with Gasteiger partial charge < -0.3 is 5.32 Å². The third-order valence-corrected chi connectivity index (χ3v) is 2.16. The Balaban J connectivity index is 2.97. The van der Waals surface area contributed by atoms with Crippen LogP contribution in [-0.4, -0.2) is 6.41 Å². The van der Waals surface area contributed by atoms with Gasteiger partial charge in [0.25, 0.3) is 0 Å². The Kier molecular flexibility index (Phi) is 2.88. The number of nitriles is 1. The summed E-state index contributed by atoms with van der Waals surface area (Å²) in [6.45, 7) is 3.81. The molecule has 1 aromatic rings. The lowest BCUT2D eigenvalue weighted by atomic mass is 9.94. The molecule has 0 saturated carbocycles. The Morgan fingerprint density at radius 3 is 2.36 bits per heavy atom. The average molecular weight is 188 g/mol. The predicted molar refractivity (Wildman–Crippen MR) is 53.4 cm³/mol. The van der Waals surface area contributed by atoms with Crippen molar-refractivity contribution in [3.05, 3.63) is 35.4 Å². The van der Waals surface area contributed by atoms with Gasteiger partial charge in [-0.05, 0) is 31.5 Å². The minimum Gasteiger partial charge on any atom is -0.350 e. The number of hydrogen-bond donors (Lipinski definition) is 1. The molecule has 0 aliphatic carbocycles. The highest BCUT2D eigenvalue weighted by Crippen LogP contribution is 2.19. The van der Waals surface area contributed by atoms with Crippen LogP contribution in [0.5, 0.6) is 0 Å². The fraction of sp³-hybridized carbons (Fsp3) is 0.273. The Bertz CT molecular complexity index is 360. The van der Waals surface area contributed by atoms with Crippen LogP contribution in [0.2, 0.25) is 0 Å². The minimum atomic E-state index is -0.393. The van der Waals surface area contributed by atoms with E-state index >= 15 is 0 Å². The van der Waals surface area contributed by atoms with Gasteiger partial charge in [-0.2, -0.15) is 5.26 Å². The molecule has 1 aromatic carbocycles. The highest BCUT2D eigenvalue weighted by molar-refractivity contribution is 5.49. The van der Waals surface area contributed by atoms with Crippen molar-refractivity contribution in [2.24, 2.45) is 0 Å². The molecule has 0 aromatic heterocycles. The summed E-state index contributed by atoms with van der Waals surface area (Å²) in [7, 11) is 0. The normalized spacial score (nSPS) is 10.4. The van der Waals surface area contributed by atoms with Crippen LogP contribution in [0.3, 0.4) is 0 Å². The van der Waals surface area contributed by atoms with E-state index in [2.05, 4.69) is 5.32 Å². The molecule has 14 heavy (non-hydrogen) atoms. The molecule has 72 valence electrons. The van der Waals surface area contributed by atoms with Crippen LogP contribution in [0.4, 0.5) is 0 Å². The van der Waals surface area contributed by atoms with Crippen molar-refractivity contribution in [1.82, 2.24) is 5.32 Å². The maximum absolute atomic E-state index is 10.4. The zero-order valence-electron chi connectivity index (χ0n) is 8.24. The first-order valence-corrected chi connectivity index (χ1v) is 4.32. The Labute approximate surface area is 83.4 Å². The molecule has 0 heterocycles. The van der Waals surface area contributed by atoms with E-state index in [1.165, 1.54) is 0 Å². The molecule has 0 aliphatic rings. The van der Waals surface area contributed by atoms with Crippen LogP contribution in [0.15, 0.2) is 24.3 Å². The smallest absolute Gasteiger partial charge is 0.207 e. The molecule has 3 nitrogen and oxygen atoms in total. The highest BCUT2D eigenvalue weighted by atomic mass is 16.1. The lowest BCUT2D eigenvalue weighted by Gasteiger charge is -2.24. The largest absolute Gasteiger partial charge is 0.350 e. The molecule has 0 radical (unpaired) electrons. The number of nitrogens with zero attached hydrogens (tertiary/aromatic N) is 1. The SMILES string of the molecule is CC(C)(NC=O)c1ccc(C#N)cc1. The zero-order chi connectivity index (χ0) is 10.6. The second-order valence-corrected chi connectivity index (χ2v) is 3.58. The van der Waals surface area contributed by atoms with Crippen molar-refractivity contribution < 1.29 is 4.79 Å². The topological polar surface area (TPSA) is 52.9 Å². The number of amides is 1. The molecule has 3 heteroatoms. The Morgan fingerprint density at radius 2 is 1.93 bits per heavy atom. The Hall–Kier alpha value is -1.82. The van der Waals surface area contributed by atoms with E-state index in [0.717, 1.165) is 5.56 Å². The minimum absolute atomic E-state index is 0.393. The molecule has 0 spiro atoms. The van der Waals surface area contributed by atoms with E-state index in [4.69, 9.17) is 5.26 Å². The van der Waals surface area contributed by atoms with E-state index in [-0.39, 0.29) is 0 Å². The molecular weight excluding hydrogens is 176 g/mol. The fourth-order valence-corrected chi connectivity index (χ4v) is 1.19. The van der Waals surface area contributed by atoms with E-state index in [1.807, 2.05) is 32.0 Å². The lowest BCUT2D eigenvalue weighted by Crippen LogP contribution is -2.35. The van der Waals surface area contributed by atoms with Crippen molar-refractivity contribution in [2.75, 3.05) is 0 Å². The maximum Gasteiger partial charge on any atom is 0.207 e. The number of carbonyl (C=O) groups excluding carboxylic acids is 1. The van der Waals surface area contributed by atoms with Gasteiger partial charge in [-0.15, -0.1) is 0 Å². The highest BCUT2D eigenvalue weighted by Gasteiger charge is 2.18. The summed E-state index contributed by atoms with van der Waals surface area (Å²) in [6.07, 6.45) is 0.679. The first kappa shape index (κ1) is 10.3. The van der Waals surface area contributed by atoms with Crippen molar-refractivity contribution >= 4 is 6.41 Å². The number of rotatable bonds is 3. The molecular formula is C11H12N2O. The van der Waals surface area contributed by atoms with Crippen molar-refractivity contribution in [2.45, 2.75) is 19.4 Å². The Morgan fingerprint density at radius 1 is 1.36 bits per heavy atom. The summed E-state index contributed by atoms with van der Waals surface area (Å²) < 4.78 is 0. The van der Waals surface area contributed by atoms with E-state index in [1.54, 1.807) is 12.1 Å². The number of carbonyl (C=O) groups is 1. The number of nitrogens with one attached hydrogen (secondary N) is 1. The van der Waals surface area contributed by atoms with Crippen LogP contribution in [-0.2, 0) is 10.3 Å². The predicted octanol–water partition coefficient (Wildman–Crippen LogP) is 1.54. The summed E-state index contributed by atoms with van der Waals surface area (Å²) in [6, 6.07) is 9.21. The summed E-state index contributed by atoms with van der Waals surface area (Å²) >= 11 is 0. The van der Waals surface area contributed by atoms with Crippen molar-refractivity contribution in [1.29, 1.82) is 5.26 Å². The van der Waals surface area contributed by atoms with Gasteiger partial charge in [0.05, 0.1) is 17.2 Å². The zero-order valence-corrected chi connectivity index (χ0v) is 8.24. The van der Waals surface area contributed by atoms with E-state index in [0.29, 0.717) is 12.0 Å². The molecule has 0 fully saturated rings. The first-order chi connectivity index (χ1) is 6.60. The van der Waals surface area contributed by atoms with Gasteiger partial charge >= 0.3 is 0 Å². The standard InChI is InChI=1S/C11H12N2O/c1-11(2,13-8-14)10-5-3-9(7-12)4-6-10/h3-6,8H,1-2H3,(H,13,14). The summed E-state index contributed by atoms with van der Waals surface area (Å²) in [5.41, 5.74) is 1.20. The molecule has 1 N–H and O–H groups in total. The molecule has 1 rings (SSSR count). The van der Waals surface area contributed by atoms with Crippen LogP contribution >= 0.6 is 0 Å². The molecule has 0 unspecified atom stereocenters. The van der Waals surface area contributed by atoms with Crippen molar-refractivity contribution in [3.8, 4) is 6.07 Å². The lowest BCUT2D eigenvalue weighted by molar-refractivity contribution is -0.111. The quantitative estimate of drug-likeness (QED) is 0.731. The second-order valence-electron chi connectivity index (χ2n) is 3.58. The van der Waals surface area contributed by atoms with Gasteiger partial charge in [-0.25, -0.2) is 0 Å². The van der Waals surface area contributed by atoms with Crippen LogP contribution in [0, 0.1) is 11.3 Å². The third-order valence-electron chi connectivity index (χ3n) is 2.16. The fourth-order valence-electron chi connectivity index (χ4n) is 1.19. The average Bonchev–Trinajstić information content (AvgIpc) is 2.18. The molecule has 0 bridgehead atoms. The van der Waals surface area contributed by atoms with Crippen LogP contribution < -0.4 is 5.32 Å². The van der Waals surface area contributed by atoms with E-state index < -0.39 is 5.54 Å². The van der Waals surface area contributed by atoms with Crippen molar-refractivity contribution in [3.63, 3.8) is 0 Å². The van der Waals surface area contributed by atoms with Gasteiger partial charge in [0.2, 0.25) is 6.41 Å². The van der Waals surface area contributed by atoms with Gasteiger partial charge in [0, 0.05) is 0 Å². The van der Waals surface area contributed by atoms with Gasteiger partial charge in [0.15, 0.2) is 0 Å². The first-order valence-electron chi connectivity index (χ1n) is 4.32. The second kappa shape index (κ2) is 3.93. The maximum atomic E-state index is 10.4. The monoisotopic (exact) mass is 188 g/mol. The molecule has 1 amide bonds. The van der Waals surface area contributed by atoms with Crippen LogP contribution in [0.25, 0.3) is 0 Å². The van der Waals surface area contributed by atoms with Crippen LogP contribution in [0.1, 0.15) is 25.0 Å². The van der Waals surface area contributed by atoms with Gasteiger partial charge in [-0.1, -0.05) is 12.1 Å². The number of benzene rings is 1. The molecule has 0 atom stereocenters. The van der Waals surface area contributed by atoms with Gasteiger partial charge in [0.1, 0.15) is 0 Å². The number of hydrogen-bond acceptors (Lipinski definition) is 2. The third kappa shape index (κ3) is 2.11. The summed E-state index contributed by atoms with van der Waals surface area (Å²) in [4.78, 5) is 10.4. The summed E-state index contributed by atoms with van der Waals surface area (Å²) in [5.74, 6) is 0. The van der Waals surface area contributed by atoms with Gasteiger partial charge in [-0.3, -0.25) is 4.79 Å². The summed E-state index contributed by atoms with van der Waals surface area (Å²) in [5, 5.41) is 11.3. The molecule has 0 aliphatic heterocycles. The molecule has 0 saturated heterocycles.